The lowest BCUT2D eigenvalue weighted by Gasteiger charge is -2.31. The number of carbonyl (C=O) groups is 2. The number of hydrogen-bond donors (Lipinski definition) is 2. The Balaban J connectivity index is 0.000000451. The second kappa shape index (κ2) is 11.1. The predicted octanol–water partition coefficient (Wildman–Crippen LogP) is 3.19. The van der Waals surface area contributed by atoms with Gasteiger partial charge in [-0.2, -0.15) is 13.2 Å². The van der Waals surface area contributed by atoms with Crippen LogP contribution in [-0.2, 0) is 22.5 Å². The summed E-state index contributed by atoms with van der Waals surface area (Å²) in [4.78, 5) is 27.9. The van der Waals surface area contributed by atoms with Gasteiger partial charge < -0.3 is 19.6 Å². The van der Waals surface area contributed by atoms with E-state index in [0.29, 0.717) is 19.2 Å². The normalized spacial score (nSPS) is 15.7. The number of aliphatic carboxylic acids is 1. The first-order valence-electron chi connectivity index (χ1n) is 9.90. The van der Waals surface area contributed by atoms with Crippen molar-refractivity contribution in [1.29, 1.82) is 0 Å². The van der Waals surface area contributed by atoms with E-state index in [1.807, 2.05) is 13.0 Å². The Bertz CT molecular complexity index is 902. The van der Waals surface area contributed by atoms with E-state index in [2.05, 4.69) is 46.4 Å². The van der Waals surface area contributed by atoms with Crippen molar-refractivity contribution in [2.75, 3.05) is 20.3 Å². The molecule has 2 unspecified atom stereocenters. The van der Waals surface area contributed by atoms with Gasteiger partial charge in [0.1, 0.15) is 5.76 Å². The van der Waals surface area contributed by atoms with Crippen LogP contribution in [0.15, 0.2) is 34.7 Å². The van der Waals surface area contributed by atoms with E-state index >= 15 is 0 Å². The number of carboxylic acid groups (broad SMARTS) is 1. The Morgan fingerprint density at radius 2 is 1.91 bits per heavy atom. The smallest absolute Gasteiger partial charge is 0.475 e. The number of ether oxygens (including phenoxy) is 1. The van der Waals surface area contributed by atoms with Gasteiger partial charge in [0.25, 0.3) is 5.89 Å². The van der Waals surface area contributed by atoms with Crippen LogP contribution in [0.25, 0.3) is 0 Å². The zero-order valence-corrected chi connectivity index (χ0v) is 18.0. The number of methoxy groups -OCH3 is 1. The monoisotopic (exact) mass is 457 g/mol. The molecular formula is C21H26F3N3O5. The van der Waals surface area contributed by atoms with Gasteiger partial charge >= 0.3 is 18.1 Å². The number of alkyl halides is 3. The second-order valence-electron chi connectivity index (χ2n) is 7.33. The minimum Gasteiger partial charge on any atom is -0.475 e. The van der Waals surface area contributed by atoms with Crippen LogP contribution >= 0.6 is 0 Å². The molecule has 2 aromatic rings. The Hall–Kier alpha value is -2.92. The number of rotatable bonds is 6. The summed E-state index contributed by atoms with van der Waals surface area (Å²) in [6.45, 7) is 6.11. The van der Waals surface area contributed by atoms with Crippen molar-refractivity contribution in [3.8, 4) is 0 Å². The van der Waals surface area contributed by atoms with Crippen molar-refractivity contribution in [1.82, 2.24) is 15.2 Å². The van der Waals surface area contributed by atoms with Crippen LogP contribution in [-0.4, -0.2) is 59.3 Å². The number of carboxylic acids is 1. The van der Waals surface area contributed by atoms with Crippen molar-refractivity contribution in [3.63, 3.8) is 0 Å². The van der Waals surface area contributed by atoms with Crippen molar-refractivity contribution in [2.24, 2.45) is 0 Å². The third-order valence-electron chi connectivity index (χ3n) is 4.82. The average molecular weight is 457 g/mol. The zero-order valence-electron chi connectivity index (χ0n) is 18.0. The highest BCUT2D eigenvalue weighted by molar-refractivity contribution is 5.89. The number of amides is 1. The molecule has 1 aliphatic rings. The summed E-state index contributed by atoms with van der Waals surface area (Å²) in [5.74, 6) is -2.09. The van der Waals surface area contributed by atoms with E-state index in [1.54, 1.807) is 7.11 Å². The molecular weight excluding hydrogens is 431 g/mol. The fourth-order valence-corrected chi connectivity index (χ4v) is 3.17. The zero-order chi connectivity index (χ0) is 23.9. The molecule has 8 nitrogen and oxygen atoms in total. The van der Waals surface area contributed by atoms with Gasteiger partial charge in [0.05, 0.1) is 12.3 Å². The van der Waals surface area contributed by atoms with Gasteiger partial charge in [0, 0.05) is 38.7 Å². The molecule has 1 aromatic carbocycles. The Morgan fingerprint density at radius 1 is 1.28 bits per heavy atom. The predicted molar refractivity (Wildman–Crippen MR) is 108 cm³/mol. The van der Waals surface area contributed by atoms with E-state index in [0.717, 1.165) is 24.4 Å². The van der Waals surface area contributed by atoms with Crippen LogP contribution in [0.1, 0.15) is 47.6 Å². The van der Waals surface area contributed by atoms with Crippen molar-refractivity contribution in [3.05, 3.63) is 53.2 Å². The van der Waals surface area contributed by atoms with Crippen LogP contribution in [0.5, 0.6) is 0 Å². The first-order valence-corrected chi connectivity index (χ1v) is 9.90. The molecule has 3 rings (SSSR count). The average Bonchev–Trinajstić information content (AvgIpc) is 3.17. The standard InChI is InChI=1S/C19H25N3O3.C2HF3O2/c1-13(12-24-3)20-18(23)19-21-16-11-22(10-9-17(16)25-19)14(2)15-7-5-4-6-8-15;3-2(4,5)1(6)7/h4-8,13-14H,9-12H2,1-3H3,(H,20,23);(H,6,7). The molecule has 1 amide bonds. The van der Waals surface area contributed by atoms with Gasteiger partial charge in [0.2, 0.25) is 0 Å². The van der Waals surface area contributed by atoms with Crippen molar-refractivity contribution in [2.45, 2.75) is 45.1 Å². The molecule has 176 valence electrons. The molecule has 11 heteroatoms. The number of aromatic nitrogens is 1. The van der Waals surface area contributed by atoms with E-state index in [1.165, 1.54) is 5.56 Å². The fraction of sp³-hybridized carbons (Fsp3) is 0.476. The molecule has 0 bridgehead atoms. The largest absolute Gasteiger partial charge is 0.490 e. The fourth-order valence-electron chi connectivity index (χ4n) is 3.17. The van der Waals surface area contributed by atoms with E-state index in [-0.39, 0.29) is 17.8 Å². The molecule has 0 spiro atoms. The number of nitrogens with one attached hydrogen (secondary N) is 1. The summed E-state index contributed by atoms with van der Waals surface area (Å²) in [7, 11) is 1.61. The van der Waals surface area contributed by atoms with E-state index in [9.17, 15) is 18.0 Å². The lowest BCUT2D eigenvalue weighted by atomic mass is 10.0. The number of benzene rings is 1. The third kappa shape index (κ3) is 7.06. The van der Waals surface area contributed by atoms with Crippen LogP contribution in [0, 0.1) is 0 Å². The molecule has 1 aliphatic heterocycles. The van der Waals surface area contributed by atoms with Crippen molar-refractivity contribution < 1.29 is 37.0 Å². The highest BCUT2D eigenvalue weighted by Crippen LogP contribution is 2.27. The molecule has 1 aromatic heterocycles. The topological polar surface area (TPSA) is 105 Å². The summed E-state index contributed by atoms with van der Waals surface area (Å²) in [6.07, 6.45) is -4.32. The van der Waals surface area contributed by atoms with Crippen LogP contribution in [0.2, 0.25) is 0 Å². The maximum atomic E-state index is 12.2. The summed E-state index contributed by atoms with van der Waals surface area (Å²) < 4.78 is 42.5. The van der Waals surface area contributed by atoms with Crippen LogP contribution < -0.4 is 5.32 Å². The van der Waals surface area contributed by atoms with Gasteiger partial charge in [-0.15, -0.1) is 0 Å². The minimum absolute atomic E-state index is 0.0870. The van der Waals surface area contributed by atoms with Gasteiger partial charge in [-0.05, 0) is 19.4 Å². The maximum Gasteiger partial charge on any atom is 0.490 e. The first kappa shape index (κ1) is 25.3. The molecule has 2 N–H and O–H groups in total. The van der Waals surface area contributed by atoms with Gasteiger partial charge in [0.15, 0.2) is 0 Å². The summed E-state index contributed by atoms with van der Waals surface area (Å²) >= 11 is 0. The highest BCUT2D eigenvalue weighted by Gasteiger charge is 2.38. The molecule has 0 fully saturated rings. The van der Waals surface area contributed by atoms with Gasteiger partial charge in [-0.25, -0.2) is 9.78 Å². The number of carbonyl (C=O) groups excluding carboxylic acids is 1. The molecule has 0 aliphatic carbocycles. The summed E-state index contributed by atoms with van der Waals surface area (Å²) in [5.41, 5.74) is 2.14. The number of halogens is 3. The Kier molecular flexibility index (Phi) is 8.79. The lowest BCUT2D eigenvalue weighted by molar-refractivity contribution is -0.192. The minimum atomic E-state index is -5.08. The lowest BCUT2D eigenvalue weighted by Crippen LogP contribution is -2.35. The summed E-state index contributed by atoms with van der Waals surface area (Å²) in [6, 6.07) is 10.6. The SMILES string of the molecule is COCC(C)NC(=O)c1nc2c(o1)CCN(C(C)c1ccccc1)C2.O=C(O)C(F)(F)F. The number of nitrogens with zero attached hydrogens (tertiary/aromatic N) is 2. The maximum absolute atomic E-state index is 12.2. The van der Waals surface area contributed by atoms with Crippen LogP contribution in [0.3, 0.4) is 0 Å². The van der Waals surface area contributed by atoms with Gasteiger partial charge in [-0.1, -0.05) is 30.3 Å². The second-order valence-corrected chi connectivity index (χ2v) is 7.33. The van der Waals surface area contributed by atoms with Crippen molar-refractivity contribution >= 4 is 11.9 Å². The molecule has 2 heterocycles. The molecule has 0 saturated carbocycles. The number of fused-ring (bicyclic) bond motifs is 1. The number of oxazole rings is 1. The molecule has 32 heavy (non-hydrogen) atoms. The molecule has 0 saturated heterocycles. The third-order valence-corrected chi connectivity index (χ3v) is 4.82. The van der Waals surface area contributed by atoms with E-state index in [4.69, 9.17) is 19.1 Å². The molecule has 2 atom stereocenters. The van der Waals surface area contributed by atoms with Gasteiger partial charge in [-0.3, -0.25) is 9.69 Å². The Labute approximate surface area is 183 Å². The highest BCUT2D eigenvalue weighted by atomic mass is 19.4. The quantitative estimate of drug-likeness (QED) is 0.686. The van der Waals surface area contributed by atoms with Crippen LogP contribution in [0.4, 0.5) is 13.2 Å². The molecule has 0 radical (unpaired) electrons. The number of hydrogen-bond acceptors (Lipinski definition) is 6. The summed E-state index contributed by atoms with van der Waals surface area (Å²) in [5, 5.41) is 9.96. The Morgan fingerprint density at radius 3 is 2.47 bits per heavy atom. The first-order chi connectivity index (χ1) is 15.0. The van der Waals surface area contributed by atoms with E-state index < -0.39 is 12.1 Å².